The van der Waals surface area contributed by atoms with E-state index in [2.05, 4.69) is 307 Å². The predicted octanol–water partition coefficient (Wildman–Crippen LogP) is 18.4. The zero-order chi connectivity index (χ0) is 46.9. The molecule has 0 amide bonds. The number of anilines is 8. The lowest BCUT2D eigenvalue weighted by atomic mass is 9.80. The lowest BCUT2D eigenvalue weighted by Crippen LogP contribution is -2.41. The monoisotopic (exact) mass is 897 g/mol. The van der Waals surface area contributed by atoms with Crippen molar-refractivity contribution in [2.24, 2.45) is 0 Å². The fraction of sp³-hybridized carbons (Fsp3) is 0.0448. The van der Waals surface area contributed by atoms with Gasteiger partial charge < -0.3 is 14.7 Å². The number of nitrogens with zero attached hydrogens (tertiary/aromatic N) is 3. The molecular formula is C67H51N3. The first kappa shape index (κ1) is 42.4. The van der Waals surface area contributed by atoms with E-state index in [0.29, 0.717) is 0 Å². The third-order valence-electron chi connectivity index (χ3n) is 14.1. The second-order valence-corrected chi connectivity index (χ2v) is 18.4. The summed E-state index contributed by atoms with van der Waals surface area (Å²) in [7, 11) is 0. The van der Waals surface area contributed by atoms with Crippen molar-refractivity contribution in [1.29, 1.82) is 0 Å². The van der Waals surface area contributed by atoms with E-state index in [-0.39, 0.29) is 11.5 Å². The molecule has 10 aromatic rings. The van der Waals surface area contributed by atoms with E-state index in [9.17, 15) is 0 Å². The van der Waals surface area contributed by atoms with Crippen LogP contribution in [0.15, 0.2) is 285 Å². The van der Waals surface area contributed by atoms with Crippen molar-refractivity contribution in [2.45, 2.75) is 18.4 Å². The van der Waals surface area contributed by atoms with Gasteiger partial charge in [-0.2, -0.15) is 0 Å². The van der Waals surface area contributed by atoms with Gasteiger partial charge in [0.1, 0.15) is 0 Å². The van der Waals surface area contributed by atoms with Gasteiger partial charge in [0.05, 0.1) is 5.54 Å². The fourth-order valence-corrected chi connectivity index (χ4v) is 10.5. The van der Waals surface area contributed by atoms with Crippen molar-refractivity contribution < 1.29 is 0 Å². The first-order valence-corrected chi connectivity index (χ1v) is 24.2. The van der Waals surface area contributed by atoms with E-state index in [1.807, 2.05) is 0 Å². The normalized spacial score (nSPS) is 15.6. The maximum atomic E-state index is 2.53. The van der Waals surface area contributed by atoms with Crippen LogP contribution in [0.25, 0.3) is 44.5 Å². The van der Waals surface area contributed by atoms with Crippen molar-refractivity contribution in [3.63, 3.8) is 0 Å². The van der Waals surface area contributed by atoms with Crippen LogP contribution < -0.4 is 14.7 Å². The largest absolute Gasteiger partial charge is 0.331 e. The van der Waals surface area contributed by atoms with Crippen LogP contribution in [0.3, 0.4) is 0 Å². The molecule has 10 aromatic carbocycles. The van der Waals surface area contributed by atoms with Gasteiger partial charge in [0, 0.05) is 51.4 Å². The molecule has 0 saturated heterocycles. The van der Waals surface area contributed by atoms with Gasteiger partial charge in [0.2, 0.25) is 0 Å². The van der Waals surface area contributed by atoms with Gasteiger partial charge in [-0.3, -0.25) is 0 Å². The second kappa shape index (κ2) is 18.3. The molecule has 0 saturated carbocycles. The van der Waals surface area contributed by atoms with Crippen molar-refractivity contribution in [1.82, 2.24) is 0 Å². The molecule has 2 aliphatic rings. The molecular weight excluding hydrogens is 847 g/mol. The van der Waals surface area contributed by atoms with Crippen LogP contribution in [0, 0.1) is 0 Å². The minimum absolute atomic E-state index is 0.229. The minimum Gasteiger partial charge on any atom is -0.331 e. The first-order valence-electron chi connectivity index (χ1n) is 24.2. The SMILES string of the molecule is C[C@]12C=CC=CC1c1ccc(N(c3ccc(-c4ccccc4)cc3)c3ccc(-c4ccc(N(c5ccc(-c6ccccc6)cc5)c5ccc(-c6ccccc6)cc5)cc4)cc3)cc1N2c1ccccc1. The highest BCUT2D eigenvalue weighted by atomic mass is 15.2. The Morgan fingerprint density at radius 2 is 0.643 bits per heavy atom. The number of hydrogen-bond donors (Lipinski definition) is 0. The molecule has 334 valence electrons. The Kier molecular flexibility index (Phi) is 11.1. The Bertz CT molecular complexity index is 3360. The molecule has 1 aliphatic carbocycles. The van der Waals surface area contributed by atoms with Gasteiger partial charge >= 0.3 is 0 Å². The number of fused-ring (bicyclic) bond motifs is 3. The van der Waals surface area contributed by atoms with Crippen molar-refractivity contribution >= 4 is 45.5 Å². The Labute approximate surface area is 411 Å². The third-order valence-corrected chi connectivity index (χ3v) is 14.1. The molecule has 0 aromatic heterocycles. The van der Waals surface area contributed by atoms with E-state index in [1.165, 1.54) is 50.3 Å². The topological polar surface area (TPSA) is 9.72 Å². The highest BCUT2D eigenvalue weighted by Crippen LogP contribution is 2.55. The minimum atomic E-state index is -0.229. The lowest BCUT2D eigenvalue weighted by molar-refractivity contribution is 0.542. The summed E-state index contributed by atoms with van der Waals surface area (Å²) in [6.45, 7) is 2.36. The molecule has 2 atom stereocenters. The van der Waals surface area contributed by atoms with Gasteiger partial charge in [0.15, 0.2) is 0 Å². The molecule has 0 radical (unpaired) electrons. The second-order valence-electron chi connectivity index (χ2n) is 18.4. The molecule has 0 spiro atoms. The quantitative estimate of drug-likeness (QED) is 0.128. The summed E-state index contributed by atoms with van der Waals surface area (Å²) in [5.41, 5.74) is 19.6. The molecule has 3 heteroatoms. The smallest absolute Gasteiger partial charge is 0.0712 e. The van der Waals surface area contributed by atoms with Crippen molar-refractivity contribution in [2.75, 3.05) is 14.7 Å². The summed E-state index contributed by atoms with van der Waals surface area (Å²) in [6, 6.07) is 94.4. The highest BCUT2D eigenvalue weighted by molar-refractivity contribution is 5.87. The zero-order valence-electron chi connectivity index (χ0n) is 39.1. The molecule has 3 nitrogen and oxygen atoms in total. The molecule has 0 N–H and O–H groups in total. The summed E-state index contributed by atoms with van der Waals surface area (Å²) in [6.07, 6.45) is 9.11. The van der Waals surface area contributed by atoms with Crippen LogP contribution >= 0.6 is 0 Å². The standard InChI is InChI=1S/C67H51N3/c1-67-47-15-14-24-65(67)64-46-45-63(48-66(64)70(67)62-22-12-5-13-23-62)69(60-41-29-54(30-42-60)51-20-10-4-11-21-51)61-43-33-56(34-44-61)55-31-39-59(40-32-55)68(57-35-25-52(26-36-57)49-16-6-2-7-17-49)58-37-27-53(28-38-58)50-18-8-3-9-19-50/h2-48,65H,1H3/t65?,67-/m0/s1. The van der Waals surface area contributed by atoms with E-state index in [0.717, 1.165) is 45.3 Å². The summed E-state index contributed by atoms with van der Waals surface area (Å²) < 4.78 is 0. The Balaban J connectivity index is 0.893. The number of hydrogen-bond acceptors (Lipinski definition) is 3. The molecule has 0 fully saturated rings. The predicted molar refractivity (Wildman–Crippen MR) is 296 cm³/mol. The molecule has 0 bridgehead atoms. The van der Waals surface area contributed by atoms with Gasteiger partial charge in [-0.05, 0) is 142 Å². The highest BCUT2D eigenvalue weighted by Gasteiger charge is 2.47. The Hall–Kier alpha value is -8.92. The van der Waals surface area contributed by atoms with Crippen LogP contribution in [0.4, 0.5) is 45.5 Å². The maximum absolute atomic E-state index is 2.53. The molecule has 1 aliphatic heterocycles. The van der Waals surface area contributed by atoms with E-state index in [1.54, 1.807) is 0 Å². The van der Waals surface area contributed by atoms with E-state index < -0.39 is 0 Å². The van der Waals surface area contributed by atoms with E-state index in [4.69, 9.17) is 0 Å². The molecule has 1 heterocycles. The zero-order valence-corrected chi connectivity index (χ0v) is 39.1. The van der Waals surface area contributed by atoms with Crippen molar-refractivity contribution in [3.8, 4) is 44.5 Å². The van der Waals surface area contributed by atoms with Crippen LogP contribution in [-0.4, -0.2) is 5.54 Å². The van der Waals surface area contributed by atoms with Crippen LogP contribution in [0.1, 0.15) is 18.4 Å². The third kappa shape index (κ3) is 7.98. The Morgan fingerprint density at radius 3 is 1.01 bits per heavy atom. The fourth-order valence-electron chi connectivity index (χ4n) is 10.5. The molecule has 70 heavy (non-hydrogen) atoms. The summed E-state index contributed by atoms with van der Waals surface area (Å²) in [5.74, 6) is 0.235. The Morgan fingerprint density at radius 1 is 0.329 bits per heavy atom. The lowest BCUT2D eigenvalue weighted by Gasteiger charge is -2.39. The maximum Gasteiger partial charge on any atom is 0.0712 e. The van der Waals surface area contributed by atoms with Crippen molar-refractivity contribution in [3.05, 3.63) is 291 Å². The van der Waals surface area contributed by atoms with Gasteiger partial charge in [-0.1, -0.05) is 200 Å². The van der Waals surface area contributed by atoms with Gasteiger partial charge in [0.25, 0.3) is 0 Å². The summed E-state index contributed by atoms with van der Waals surface area (Å²) in [4.78, 5) is 7.26. The van der Waals surface area contributed by atoms with Crippen LogP contribution in [-0.2, 0) is 0 Å². The van der Waals surface area contributed by atoms with E-state index >= 15 is 0 Å². The molecule has 1 unspecified atom stereocenters. The summed E-state index contributed by atoms with van der Waals surface area (Å²) in [5, 5.41) is 0. The van der Waals surface area contributed by atoms with Gasteiger partial charge in [-0.25, -0.2) is 0 Å². The van der Waals surface area contributed by atoms with Crippen LogP contribution in [0.2, 0.25) is 0 Å². The first-order chi connectivity index (χ1) is 34.6. The average Bonchev–Trinajstić information content (AvgIpc) is 3.70. The number of rotatable bonds is 11. The van der Waals surface area contributed by atoms with Crippen LogP contribution in [0.5, 0.6) is 0 Å². The van der Waals surface area contributed by atoms with Gasteiger partial charge in [-0.15, -0.1) is 0 Å². The number of para-hydroxylation sites is 1. The number of benzene rings is 10. The summed E-state index contributed by atoms with van der Waals surface area (Å²) >= 11 is 0. The molecule has 12 rings (SSSR count). The number of allylic oxidation sites excluding steroid dienone is 2. The average molecular weight is 898 g/mol.